The Bertz CT molecular complexity index is 999. The molecule has 29 heavy (non-hydrogen) atoms. The average molecular weight is 392 g/mol. The molecule has 0 radical (unpaired) electrons. The van der Waals surface area contributed by atoms with E-state index in [9.17, 15) is 24.6 Å². The summed E-state index contributed by atoms with van der Waals surface area (Å²) in [6, 6.07) is 9.05. The summed E-state index contributed by atoms with van der Waals surface area (Å²) in [6.45, 7) is 6.29. The van der Waals surface area contributed by atoms with Gasteiger partial charge in [0, 0.05) is 12.0 Å². The number of allylic oxidation sites excluding steroid dienone is 2. The normalized spacial score (nSPS) is 28.3. The van der Waals surface area contributed by atoms with Gasteiger partial charge in [-0.2, -0.15) is 15.8 Å². The highest BCUT2D eigenvalue weighted by molar-refractivity contribution is 6.00. The number of nitriles is 3. The first-order valence-corrected chi connectivity index (χ1v) is 9.56. The molecule has 0 aromatic heterocycles. The number of nitrogens with zero attached hydrogens (tertiary/aromatic N) is 3. The molecular formula is C23H22F2N4. The smallest absolute Gasteiger partial charge is 0.189 e. The van der Waals surface area contributed by atoms with Gasteiger partial charge in [0.25, 0.3) is 0 Å². The number of nitrogens with one attached hydrogen (secondary N) is 1. The predicted molar refractivity (Wildman–Crippen MR) is 103 cm³/mol. The molecule has 0 aliphatic heterocycles. The van der Waals surface area contributed by atoms with Crippen molar-refractivity contribution in [2.45, 2.75) is 39.5 Å². The van der Waals surface area contributed by atoms with Gasteiger partial charge in [-0.3, -0.25) is 0 Å². The van der Waals surface area contributed by atoms with Crippen molar-refractivity contribution in [3.63, 3.8) is 0 Å². The van der Waals surface area contributed by atoms with E-state index in [1.165, 1.54) is 6.07 Å². The minimum Gasteiger partial charge on any atom is -0.305 e. The summed E-state index contributed by atoms with van der Waals surface area (Å²) in [7, 11) is 0. The number of benzene rings is 1. The minimum absolute atomic E-state index is 0.0427. The second-order valence-corrected chi connectivity index (χ2v) is 9.00. The third-order valence-corrected chi connectivity index (χ3v) is 6.52. The Kier molecular flexibility index (Phi) is 5.06. The van der Waals surface area contributed by atoms with Gasteiger partial charge in [0.15, 0.2) is 5.41 Å². The Balaban J connectivity index is 2.29. The monoisotopic (exact) mass is 392 g/mol. The first-order valence-electron chi connectivity index (χ1n) is 9.56. The van der Waals surface area contributed by atoms with Gasteiger partial charge in [-0.1, -0.05) is 32.9 Å². The third kappa shape index (κ3) is 3.12. The van der Waals surface area contributed by atoms with Crippen LogP contribution in [-0.2, 0) is 0 Å². The molecule has 1 aromatic carbocycles. The Hall–Kier alpha value is -3.04. The van der Waals surface area contributed by atoms with Gasteiger partial charge in [0.05, 0.1) is 23.9 Å². The third-order valence-electron chi connectivity index (χ3n) is 6.52. The fourth-order valence-corrected chi connectivity index (χ4v) is 4.83. The summed E-state index contributed by atoms with van der Waals surface area (Å²) in [5, 5.41) is 38.2. The predicted octanol–water partition coefficient (Wildman–Crippen LogP) is 5.25. The van der Waals surface area contributed by atoms with E-state index in [0.717, 1.165) is 12.1 Å². The van der Waals surface area contributed by atoms with E-state index >= 15 is 0 Å². The van der Waals surface area contributed by atoms with Crippen LogP contribution in [0.3, 0.4) is 0 Å². The fraction of sp³-hybridized carbons (Fsp3) is 0.478. The van der Waals surface area contributed by atoms with Crippen LogP contribution in [0, 0.1) is 79.6 Å². The van der Waals surface area contributed by atoms with Crippen LogP contribution in [0.2, 0.25) is 0 Å². The zero-order valence-electron chi connectivity index (χ0n) is 16.6. The maximum absolute atomic E-state index is 14.8. The van der Waals surface area contributed by atoms with Crippen molar-refractivity contribution in [1.82, 2.24) is 0 Å². The Labute approximate surface area is 169 Å². The largest absolute Gasteiger partial charge is 0.305 e. The van der Waals surface area contributed by atoms with Crippen LogP contribution < -0.4 is 0 Å². The van der Waals surface area contributed by atoms with Crippen LogP contribution in [0.5, 0.6) is 0 Å². The molecule has 0 amide bonds. The van der Waals surface area contributed by atoms with Crippen molar-refractivity contribution >= 4 is 5.71 Å². The van der Waals surface area contributed by atoms with Gasteiger partial charge >= 0.3 is 0 Å². The van der Waals surface area contributed by atoms with Gasteiger partial charge in [-0.25, -0.2) is 8.78 Å². The Morgan fingerprint density at radius 3 is 2.31 bits per heavy atom. The highest BCUT2D eigenvalue weighted by Gasteiger charge is 2.58. The summed E-state index contributed by atoms with van der Waals surface area (Å²) in [5.41, 5.74) is -1.66. The zero-order valence-corrected chi connectivity index (χ0v) is 16.6. The first kappa shape index (κ1) is 20.7. The molecule has 0 spiro atoms. The maximum Gasteiger partial charge on any atom is 0.189 e. The molecule has 4 nitrogen and oxygen atoms in total. The van der Waals surface area contributed by atoms with Crippen molar-refractivity contribution in [2.24, 2.45) is 28.6 Å². The molecule has 0 heterocycles. The number of fused-ring (bicyclic) bond motifs is 1. The summed E-state index contributed by atoms with van der Waals surface area (Å²) in [4.78, 5) is 0. The van der Waals surface area contributed by atoms with Crippen molar-refractivity contribution in [2.75, 3.05) is 0 Å². The molecule has 3 rings (SSSR count). The lowest BCUT2D eigenvalue weighted by molar-refractivity contribution is 0.167. The molecule has 6 heteroatoms. The van der Waals surface area contributed by atoms with Crippen LogP contribution in [0.1, 0.15) is 45.1 Å². The SMILES string of the molecule is CC(C)(C)[C@H]1CC=C2C(C#N)C(=N)C(C#N)(C#N)[C@H](c3ccc(F)cc3F)[C@H]2C1. The van der Waals surface area contributed by atoms with Crippen LogP contribution in [0.15, 0.2) is 29.8 Å². The van der Waals surface area contributed by atoms with Crippen LogP contribution in [0.4, 0.5) is 8.78 Å². The minimum atomic E-state index is -1.99. The van der Waals surface area contributed by atoms with E-state index < -0.39 is 34.8 Å². The Morgan fingerprint density at radius 2 is 1.79 bits per heavy atom. The van der Waals surface area contributed by atoms with Crippen LogP contribution in [-0.4, -0.2) is 5.71 Å². The topological polar surface area (TPSA) is 95.2 Å². The van der Waals surface area contributed by atoms with Crippen molar-refractivity contribution in [3.8, 4) is 18.2 Å². The lowest BCUT2D eigenvalue weighted by atomic mass is 9.51. The van der Waals surface area contributed by atoms with Gasteiger partial charge in [-0.15, -0.1) is 0 Å². The van der Waals surface area contributed by atoms with E-state index in [-0.39, 0.29) is 22.6 Å². The molecule has 1 fully saturated rings. The number of halogens is 2. The van der Waals surface area contributed by atoms with E-state index in [0.29, 0.717) is 18.4 Å². The average Bonchev–Trinajstić information content (AvgIpc) is 2.67. The van der Waals surface area contributed by atoms with Gasteiger partial charge in [0.2, 0.25) is 0 Å². The molecule has 2 aliphatic rings. The highest BCUT2D eigenvalue weighted by atomic mass is 19.1. The maximum atomic E-state index is 14.8. The van der Waals surface area contributed by atoms with Gasteiger partial charge in [-0.05, 0) is 47.3 Å². The quantitative estimate of drug-likeness (QED) is 0.661. The van der Waals surface area contributed by atoms with Crippen molar-refractivity contribution < 1.29 is 8.78 Å². The molecule has 1 aromatic rings. The zero-order chi connectivity index (χ0) is 21.6. The highest BCUT2D eigenvalue weighted by Crippen LogP contribution is 2.57. The molecule has 1 unspecified atom stereocenters. The molecule has 1 N–H and O–H groups in total. The summed E-state index contributed by atoms with van der Waals surface area (Å²) < 4.78 is 28.4. The number of rotatable bonds is 1. The molecular weight excluding hydrogens is 370 g/mol. The Morgan fingerprint density at radius 1 is 1.14 bits per heavy atom. The van der Waals surface area contributed by atoms with E-state index in [4.69, 9.17) is 5.41 Å². The molecule has 4 atom stereocenters. The van der Waals surface area contributed by atoms with Crippen LogP contribution >= 0.6 is 0 Å². The standard InChI is InChI=1S/C23H22F2N4/c1-22(2,3)13-4-6-15-17(8-13)20(16-7-5-14(24)9-19(16)25)23(11-27,12-28)21(29)18(15)10-26/h5-7,9,13,17-18,20,29H,4,8H2,1-3H3/t13-,17-,18?,20+/m0/s1. The number of hydrogen-bond donors (Lipinski definition) is 1. The van der Waals surface area contributed by atoms with Crippen molar-refractivity contribution in [3.05, 3.63) is 47.0 Å². The number of hydrogen-bond acceptors (Lipinski definition) is 4. The molecule has 0 bridgehead atoms. The molecule has 148 valence electrons. The van der Waals surface area contributed by atoms with Gasteiger partial charge in [0.1, 0.15) is 17.6 Å². The molecule has 1 saturated carbocycles. The van der Waals surface area contributed by atoms with Gasteiger partial charge < -0.3 is 5.41 Å². The summed E-state index contributed by atoms with van der Waals surface area (Å²) in [5.74, 6) is -3.81. The fourth-order valence-electron chi connectivity index (χ4n) is 4.83. The molecule has 0 saturated heterocycles. The lowest BCUT2D eigenvalue weighted by Crippen LogP contribution is -2.50. The lowest BCUT2D eigenvalue weighted by Gasteiger charge is -2.49. The van der Waals surface area contributed by atoms with E-state index in [2.05, 4.69) is 26.8 Å². The second kappa shape index (κ2) is 7.09. The van der Waals surface area contributed by atoms with E-state index in [1.54, 1.807) is 0 Å². The summed E-state index contributed by atoms with van der Waals surface area (Å²) in [6.07, 6.45) is 3.21. The van der Waals surface area contributed by atoms with E-state index in [1.807, 2.05) is 18.2 Å². The first-order chi connectivity index (χ1) is 13.6. The second-order valence-electron chi connectivity index (χ2n) is 9.00. The summed E-state index contributed by atoms with van der Waals surface area (Å²) >= 11 is 0. The van der Waals surface area contributed by atoms with Crippen LogP contribution in [0.25, 0.3) is 0 Å². The molecule has 2 aliphatic carbocycles. The van der Waals surface area contributed by atoms with Crippen molar-refractivity contribution in [1.29, 1.82) is 21.2 Å².